The number of dihydropyridines is 1. The molecule has 0 saturated heterocycles. The zero-order valence-corrected chi connectivity index (χ0v) is 19.5. The normalized spacial score (nSPS) is 15.7. The number of ether oxygens (including phenoxy) is 2. The molecule has 2 aromatic rings. The smallest absolute Gasteiger partial charge is 0.337 e. The fraction of sp³-hybridized carbons (Fsp3) is 0.217. The second-order valence-corrected chi connectivity index (χ2v) is 8.08. The van der Waals surface area contributed by atoms with Gasteiger partial charge in [-0.05, 0) is 31.5 Å². The number of hydrogen-bond donors (Lipinski definition) is 1. The van der Waals surface area contributed by atoms with E-state index in [1.165, 1.54) is 25.3 Å². The number of allylic oxidation sites excluding steroid dienone is 2. The summed E-state index contributed by atoms with van der Waals surface area (Å²) in [5.41, 5.74) is 1.51. The van der Waals surface area contributed by atoms with Crippen molar-refractivity contribution in [1.82, 2.24) is 5.32 Å². The maximum Gasteiger partial charge on any atom is 0.337 e. The molecule has 1 atom stereocenters. The van der Waals surface area contributed by atoms with Crippen LogP contribution in [0.3, 0.4) is 0 Å². The summed E-state index contributed by atoms with van der Waals surface area (Å²) < 4.78 is 10.4. The molecular weight excluding hydrogens is 471 g/mol. The minimum Gasteiger partial charge on any atom is -0.466 e. The van der Waals surface area contributed by atoms with Gasteiger partial charge in [-0.3, -0.25) is 10.1 Å². The third-order valence-electron chi connectivity index (χ3n) is 5.18. The molecule has 1 heterocycles. The Morgan fingerprint density at radius 3 is 2.27 bits per heavy atom. The second-order valence-electron chi connectivity index (χ2n) is 7.27. The fourth-order valence-electron chi connectivity index (χ4n) is 3.71. The highest BCUT2D eigenvalue weighted by atomic mass is 35.5. The number of carbonyl (C=O) groups excluding carboxylic acids is 2. The Labute approximate surface area is 199 Å². The Hall–Kier alpha value is -3.36. The van der Waals surface area contributed by atoms with Gasteiger partial charge in [0.25, 0.3) is 5.69 Å². The van der Waals surface area contributed by atoms with Crippen molar-refractivity contribution in [2.75, 3.05) is 7.11 Å². The number of rotatable bonds is 6. The van der Waals surface area contributed by atoms with Crippen molar-refractivity contribution in [1.29, 1.82) is 0 Å². The molecule has 10 heteroatoms. The third kappa shape index (κ3) is 5.02. The number of methoxy groups -OCH3 is 1. The number of para-hydroxylation sites is 1. The molecular formula is C23H20Cl2N2O6. The maximum absolute atomic E-state index is 13.2. The predicted molar refractivity (Wildman–Crippen MR) is 123 cm³/mol. The quantitative estimate of drug-likeness (QED) is 0.342. The molecule has 1 aliphatic heterocycles. The Balaban J connectivity index is 2.06. The van der Waals surface area contributed by atoms with E-state index >= 15 is 0 Å². The van der Waals surface area contributed by atoms with E-state index in [1.807, 2.05) is 0 Å². The van der Waals surface area contributed by atoms with Crippen LogP contribution in [-0.2, 0) is 25.7 Å². The number of hydrogen-bond acceptors (Lipinski definition) is 7. The van der Waals surface area contributed by atoms with Crippen LogP contribution in [0.1, 0.15) is 30.9 Å². The molecule has 0 spiro atoms. The summed E-state index contributed by atoms with van der Waals surface area (Å²) in [6.45, 7) is 3.15. The van der Waals surface area contributed by atoms with Gasteiger partial charge in [0, 0.05) is 23.0 Å². The van der Waals surface area contributed by atoms with Gasteiger partial charge in [-0.2, -0.15) is 0 Å². The van der Waals surface area contributed by atoms with E-state index in [0.29, 0.717) is 27.0 Å². The Morgan fingerprint density at radius 2 is 1.67 bits per heavy atom. The number of benzene rings is 2. The zero-order valence-electron chi connectivity index (χ0n) is 18.0. The van der Waals surface area contributed by atoms with Gasteiger partial charge in [0.2, 0.25) is 0 Å². The zero-order chi connectivity index (χ0) is 24.3. The van der Waals surface area contributed by atoms with Crippen LogP contribution >= 0.6 is 23.2 Å². The number of nitrogens with one attached hydrogen (secondary N) is 1. The van der Waals surface area contributed by atoms with Crippen LogP contribution < -0.4 is 5.32 Å². The van der Waals surface area contributed by atoms with Crippen LogP contribution in [-0.4, -0.2) is 24.0 Å². The lowest BCUT2D eigenvalue weighted by Crippen LogP contribution is -2.32. The highest BCUT2D eigenvalue weighted by Crippen LogP contribution is 2.42. The average Bonchev–Trinajstić information content (AvgIpc) is 2.78. The number of nitrogens with zero attached hydrogens (tertiary/aromatic N) is 1. The van der Waals surface area contributed by atoms with Crippen LogP contribution in [0.2, 0.25) is 10.0 Å². The van der Waals surface area contributed by atoms with Crippen LogP contribution in [0.4, 0.5) is 5.69 Å². The number of halogens is 2. The SMILES string of the molecule is COC(=O)C1=C(C)NC(C)=C(C(=O)OCc2ccc(Cl)c(Cl)c2)C1c1ccccc1[N+](=O)[O-]. The highest BCUT2D eigenvalue weighted by molar-refractivity contribution is 6.42. The molecule has 0 saturated carbocycles. The van der Waals surface area contributed by atoms with Gasteiger partial charge in [-0.1, -0.05) is 47.5 Å². The molecule has 1 aliphatic rings. The lowest BCUT2D eigenvalue weighted by molar-refractivity contribution is -0.385. The molecule has 0 aliphatic carbocycles. The molecule has 8 nitrogen and oxygen atoms in total. The van der Waals surface area contributed by atoms with Crippen molar-refractivity contribution in [2.45, 2.75) is 26.4 Å². The van der Waals surface area contributed by atoms with Crippen molar-refractivity contribution < 1.29 is 24.0 Å². The summed E-state index contributed by atoms with van der Waals surface area (Å²) >= 11 is 11.9. The molecule has 3 rings (SSSR count). The van der Waals surface area contributed by atoms with Crippen molar-refractivity contribution >= 4 is 40.8 Å². The molecule has 0 fully saturated rings. The monoisotopic (exact) mass is 490 g/mol. The number of carbonyl (C=O) groups is 2. The molecule has 1 N–H and O–H groups in total. The minimum absolute atomic E-state index is 0.0651. The van der Waals surface area contributed by atoms with Crippen LogP contribution in [0, 0.1) is 10.1 Å². The van der Waals surface area contributed by atoms with Gasteiger partial charge in [0.15, 0.2) is 0 Å². The first kappa shape index (κ1) is 24.3. The van der Waals surface area contributed by atoms with Gasteiger partial charge in [-0.15, -0.1) is 0 Å². The summed E-state index contributed by atoms with van der Waals surface area (Å²) in [4.78, 5) is 37.1. The lowest BCUT2D eigenvalue weighted by Gasteiger charge is -2.30. The summed E-state index contributed by atoms with van der Waals surface area (Å²) in [7, 11) is 1.20. The molecule has 0 bridgehead atoms. The topological polar surface area (TPSA) is 108 Å². The Morgan fingerprint density at radius 1 is 1.03 bits per heavy atom. The van der Waals surface area contributed by atoms with E-state index in [4.69, 9.17) is 32.7 Å². The summed E-state index contributed by atoms with van der Waals surface area (Å²) in [5, 5.41) is 15.4. The predicted octanol–water partition coefficient (Wildman–Crippen LogP) is 5.05. The Bertz CT molecular complexity index is 1210. The van der Waals surface area contributed by atoms with E-state index < -0.39 is 22.8 Å². The lowest BCUT2D eigenvalue weighted by atomic mass is 9.79. The van der Waals surface area contributed by atoms with E-state index in [0.717, 1.165) is 0 Å². The van der Waals surface area contributed by atoms with Crippen LogP contribution in [0.15, 0.2) is 65.0 Å². The maximum atomic E-state index is 13.2. The summed E-state index contributed by atoms with van der Waals surface area (Å²) in [5.74, 6) is -2.53. The van der Waals surface area contributed by atoms with E-state index in [1.54, 1.807) is 38.1 Å². The summed E-state index contributed by atoms with van der Waals surface area (Å²) in [6, 6.07) is 10.7. The van der Waals surface area contributed by atoms with Gasteiger partial charge in [0.1, 0.15) is 6.61 Å². The fourth-order valence-corrected chi connectivity index (χ4v) is 4.03. The first-order chi connectivity index (χ1) is 15.6. The number of esters is 2. The van der Waals surface area contributed by atoms with Gasteiger partial charge >= 0.3 is 11.9 Å². The molecule has 0 aromatic heterocycles. The highest BCUT2D eigenvalue weighted by Gasteiger charge is 2.40. The van der Waals surface area contributed by atoms with Crippen LogP contribution in [0.5, 0.6) is 0 Å². The van der Waals surface area contributed by atoms with Gasteiger partial charge in [0.05, 0.1) is 39.1 Å². The standard InChI is InChI=1S/C23H20Cl2N2O6/c1-12-19(22(28)32-3)21(15-6-4-5-7-18(15)27(30)31)20(13(2)26-12)23(29)33-11-14-8-9-16(24)17(25)10-14/h4-10,21,26H,11H2,1-3H3. The van der Waals surface area contributed by atoms with E-state index in [2.05, 4.69) is 5.32 Å². The van der Waals surface area contributed by atoms with Crippen molar-refractivity contribution in [3.05, 3.63) is 96.3 Å². The first-order valence-corrected chi connectivity index (χ1v) is 10.5. The largest absolute Gasteiger partial charge is 0.466 e. The van der Waals surface area contributed by atoms with Crippen molar-refractivity contribution in [3.63, 3.8) is 0 Å². The molecule has 0 amide bonds. The molecule has 1 unspecified atom stereocenters. The van der Waals surface area contributed by atoms with Gasteiger partial charge in [-0.25, -0.2) is 9.59 Å². The van der Waals surface area contributed by atoms with Crippen molar-refractivity contribution in [2.24, 2.45) is 0 Å². The minimum atomic E-state index is -1.07. The first-order valence-electron chi connectivity index (χ1n) is 9.77. The molecule has 33 heavy (non-hydrogen) atoms. The second kappa shape index (κ2) is 10.1. The van der Waals surface area contributed by atoms with Gasteiger partial charge < -0.3 is 14.8 Å². The molecule has 2 aromatic carbocycles. The summed E-state index contributed by atoms with van der Waals surface area (Å²) in [6.07, 6.45) is 0. The van der Waals surface area contributed by atoms with Crippen molar-refractivity contribution in [3.8, 4) is 0 Å². The van der Waals surface area contributed by atoms with Crippen LogP contribution in [0.25, 0.3) is 0 Å². The number of nitro benzene ring substituents is 1. The number of nitro groups is 1. The molecule has 0 radical (unpaired) electrons. The van der Waals surface area contributed by atoms with E-state index in [-0.39, 0.29) is 29.0 Å². The average molecular weight is 491 g/mol. The molecule has 172 valence electrons. The Kier molecular flexibility index (Phi) is 7.40. The third-order valence-corrected chi connectivity index (χ3v) is 5.92. The van der Waals surface area contributed by atoms with E-state index in [9.17, 15) is 19.7 Å².